The van der Waals surface area contributed by atoms with Crippen LogP contribution in [-0.2, 0) is 0 Å². The van der Waals surface area contributed by atoms with Gasteiger partial charge in [0, 0.05) is 17.8 Å². The highest BCUT2D eigenvalue weighted by Gasteiger charge is 2.12. The number of carbonyl (C=O) groups excluding carboxylic acids is 1. The topological polar surface area (TPSA) is 82.5 Å². The summed E-state index contributed by atoms with van der Waals surface area (Å²) in [5.74, 6) is 0.0378. The van der Waals surface area contributed by atoms with E-state index >= 15 is 0 Å². The zero-order valence-electron chi connectivity index (χ0n) is 20.1. The highest BCUT2D eigenvalue weighted by atomic mass is 16.5. The minimum Gasteiger partial charge on any atom is -0.481 e. The maximum Gasteiger partial charge on any atom is 0.267 e. The Bertz CT molecular complexity index is 1120. The largest absolute Gasteiger partial charge is 0.481 e. The summed E-state index contributed by atoms with van der Waals surface area (Å²) in [5.41, 5.74) is 10.1. The standard InChI is InChI=1S/C20H16N4O2.3C2H6/c1-26-19-8-4-7-16(23-19)15-6-3-2-5-14(15)13-9-10-18-22-11-17(20(21)25)24(18)12-13;3*1-2/h2-12H,1H3,(H2,21,25);3*1-2H3. The average Bonchev–Trinajstić information content (AvgIpc) is 3.31. The molecule has 1 amide bonds. The van der Waals surface area contributed by atoms with E-state index in [1.54, 1.807) is 11.5 Å². The van der Waals surface area contributed by atoms with Gasteiger partial charge in [-0.15, -0.1) is 0 Å². The Morgan fingerprint density at radius 3 is 2.16 bits per heavy atom. The predicted molar refractivity (Wildman–Crippen MR) is 133 cm³/mol. The van der Waals surface area contributed by atoms with Crippen molar-refractivity contribution in [2.75, 3.05) is 7.11 Å². The zero-order valence-corrected chi connectivity index (χ0v) is 20.1. The molecule has 0 radical (unpaired) electrons. The van der Waals surface area contributed by atoms with E-state index in [9.17, 15) is 4.79 Å². The summed E-state index contributed by atoms with van der Waals surface area (Å²) in [6.07, 6.45) is 3.35. The van der Waals surface area contributed by atoms with Gasteiger partial charge in [-0.05, 0) is 29.3 Å². The molecule has 4 aromatic rings. The molecule has 6 heteroatoms. The molecular formula is C26H34N4O2. The number of benzene rings is 1. The SMILES string of the molecule is CC.CC.CC.COc1cccc(-c2ccccc2-c2ccc3ncc(C(N)=O)n3c2)n1. The molecule has 0 atom stereocenters. The third-order valence-corrected chi connectivity index (χ3v) is 4.20. The van der Waals surface area contributed by atoms with Gasteiger partial charge in [-0.3, -0.25) is 9.20 Å². The molecule has 0 saturated carbocycles. The van der Waals surface area contributed by atoms with Crippen LogP contribution in [0.5, 0.6) is 5.88 Å². The van der Waals surface area contributed by atoms with E-state index in [1.165, 1.54) is 6.20 Å². The smallest absolute Gasteiger partial charge is 0.267 e. The van der Waals surface area contributed by atoms with E-state index in [-0.39, 0.29) is 0 Å². The first-order valence-corrected chi connectivity index (χ1v) is 11.0. The number of fused-ring (bicyclic) bond motifs is 1. The van der Waals surface area contributed by atoms with E-state index in [4.69, 9.17) is 10.5 Å². The van der Waals surface area contributed by atoms with Crippen molar-refractivity contribution in [3.8, 4) is 28.3 Å². The molecule has 0 unspecified atom stereocenters. The summed E-state index contributed by atoms with van der Waals surface area (Å²) in [4.78, 5) is 20.4. The number of hydrogen-bond acceptors (Lipinski definition) is 4. The Morgan fingerprint density at radius 2 is 1.53 bits per heavy atom. The Hall–Kier alpha value is -3.67. The predicted octanol–water partition coefficient (Wildman–Crippen LogP) is 6.25. The molecular weight excluding hydrogens is 400 g/mol. The number of primary amides is 1. The van der Waals surface area contributed by atoms with Crippen LogP contribution >= 0.6 is 0 Å². The van der Waals surface area contributed by atoms with Gasteiger partial charge in [-0.1, -0.05) is 71.9 Å². The molecule has 1 aromatic carbocycles. The summed E-state index contributed by atoms with van der Waals surface area (Å²) >= 11 is 0. The van der Waals surface area contributed by atoms with Crippen molar-refractivity contribution in [2.45, 2.75) is 41.5 Å². The molecule has 6 nitrogen and oxygen atoms in total. The highest BCUT2D eigenvalue weighted by Crippen LogP contribution is 2.32. The molecule has 0 aliphatic rings. The molecule has 2 N–H and O–H groups in total. The van der Waals surface area contributed by atoms with Crippen LogP contribution in [0, 0.1) is 0 Å². The lowest BCUT2D eigenvalue weighted by molar-refractivity contribution is 0.0995. The Balaban J connectivity index is 0.000000789. The summed E-state index contributed by atoms with van der Waals surface area (Å²) in [7, 11) is 1.59. The molecule has 4 rings (SSSR count). The number of methoxy groups -OCH3 is 1. The van der Waals surface area contributed by atoms with Crippen LogP contribution in [0.25, 0.3) is 28.0 Å². The Labute approximate surface area is 191 Å². The fourth-order valence-electron chi connectivity index (χ4n) is 2.96. The molecule has 0 saturated heterocycles. The second kappa shape index (κ2) is 13.6. The second-order valence-electron chi connectivity index (χ2n) is 5.76. The number of nitrogens with two attached hydrogens (primary N) is 1. The monoisotopic (exact) mass is 434 g/mol. The number of carbonyl (C=O) groups is 1. The molecule has 32 heavy (non-hydrogen) atoms. The number of ether oxygens (including phenoxy) is 1. The highest BCUT2D eigenvalue weighted by molar-refractivity contribution is 5.92. The van der Waals surface area contributed by atoms with Crippen molar-refractivity contribution in [3.63, 3.8) is 0 Å². The van der Waals surface area contributed by atoms with E-state index in [1.807, 2.05) is 102 Å². The number of aromatic nitrogens is 3. The number of pyridine rings is 2. The number of amides is 1. The van der Waals surface area contributed by atoms with Gasteiger partial charge < -0.3 is 10.5 Å². The maximum atomic E-state index is 11.6. The molecule has 3 aromatic heterocycles. The normalized spacial score (nSPS) is 9.34. The zero-order chi connectivity index (χ0) is 24.1. The van der Waals surface area contributed by atoms with Crippen LogP contribution in [0.4, 0.5) is 0 Å². The van der Waals surface area contributed by atoms with Crippen molar-refractivity contribution in [1.29, 1.82) is 0 Å². The lowest BCUT2D eigenvalue weighted by Crippen LogP contribution is -2.13. The van der Waals surface area contributed by atoms with Crippen LogP contribution in [0.1, 0.15) is 52.0 Å². The molecule has 0 bridgehead atoms. The number of nitrogens with zero attached hydrogens (tertiary/aromatic N) is 3. The third-order valence-electron chi connectivity index (χ3n) is 4.20. The average molecular weight is 435 g/mol. The molecule has 3 heterocycles. The molecule has 0 fully saturated rings. The van der Waals surface area contributed by atoms with Crippen LogP contribution < -0.4 is 10.5 Å². The first-order chi connectivity index (χ1) is 15.7. The van der Waals surface area contributed by atoms with Gasteiger partial charge >= 0.3 is 0 Å². The van der Waals surface area contributed by atoms with Gasteiger partial charge in [0.15, 0.2) is 0 Å². The number of hydrogen-bond donors (Lipinski definition) is 1. The number of imidazole rings is 1. The van der Waals surface area contributed by atoms with Gasteiger partial charge in [0.2, 0.25) is 5.88 Å². The summed E-state index contributed by atoms with van der Waals surface area (Å²) < 4.78 is 6.94. The van der Waals surface area contributed by atoms with Crippen LogP contribution in [0.3, 0.4) is 0 Å². The molecule has 0 spiro atoms. The summed E-state index contributed by atoms with van der Waals surface area (Å²) in [6, 6.07) is 17.4. The minimum atomic E-state index is -0.516. The van der Waals surface area contributed by atoms with E-state index in [0.717, 1.165) is 22.4 Å². The lowest BCUT2D eigenvalue weighted by Gasteiger charge is -2.11. The fraction of sp³-hybridized carbons (Fsp3) is 0.269. The Kier molecular flexibility index (Phi) is 11.2. The van der Waals surface area contributed by atoms with Gasteiger partial charge in [-0.25, -0.2) is 9.97 Å². The lowest BCUT2D eigenvalue weighted by atomic mass is 9.98. The van der Waals surface area contributed by atoms with Gasteiger partial charge in [0.25, 0.3) is 5.91 Å². The number of rotatable bonds is 4. The Morgan fingerprint density at radius 1 is 0.875 bits per heavy atom. The molecule has 0 aliphatic heterocycles. The summed E-state index contributed by atoms with van der Waals surface area (Å²) in [5, 5.41) is 0. The van der Waals surface area contributed by atoms with Crippen molar-refractivity contribution < 1.29 is 9.53 Å². The van der Waals surface area contributed by atoms with E-state index in [0.29, 0.717) is 17.2 Å². The van der Waals surface area contributed by atoms with Gasteiger partial charge in [0.05, 0.1) is 19.0 Å². The quantitative estimate of drug-likeness (QED) is 0.411. The molecule has 170 valence electrons. The van der Waals surface area contributed by atoms with Crippen LogP contribution in [0.15, 0.2) is 67.0 Å². The van der Waals surface area contributed by atoms with E-state index < -0.39 is 5.91 Å². The maximum absolute atomic E-state index is 11.6. The van der Waals surface area contributed by atoms with Crippen molar-refractivity contribution in [3.05, 3.63) is 72.7 Å². The van der Waals surface area contributed by atoms with Gasteiger partial charge in [0.1, 0.15) is 11.3 Å². The fourth-order valence-corrected chi connectivity index (χ4v) is 2.96. The molecule has 0 aliphatic carbocycles. The summed E-state index contributed by atoms with van der Waals surface area (Å²) in [6.45, 7) is 12.0. The van der Waals surface area contributed by atoms with Crippen molar-refractivity contribution in [1.82, 2.24) is 14.4 Å². The van der Waals surface area contributed by atoms with Gasteiger partial charge in [-0.2, -0.15) is 0 Å². The minimum absolute atomic E-state index is 0.346. The van der Waals surface area contributed by atoms with Crippen molar-refractivity contribution >= 4 is 11.6 Å². The first kappa shape index (κ1) is 26.4. The first-order valence-electron chi connectivity index (χ1n) is 11.0. The van der Waals surface area contributed by atoms with Crippen LogP contribution in [0.2, 0.25) is 0 Å². The second-order valence-corrected chi connectivity index (χ2v) is 5.76. The van der Waals surface area contributed by atoms with Crippen LogP contribution in [-0.4, -0.2) is 27.4 Å². The third kappa shape index (κ3) is 5.94. The van der Waals surface area contributed by atoms with Crippen molar-refractivity contribution in [2.24, 2.45) is 5.73 Å². The van der Waals surface area contributed by atoms with E-state index in [2.05, 4.69) is 9.97 Å².